The molecule has 0 spiro atoms. The van der Waals surface area contributed by atoms with E-state index in [-0.39, 0.29) is 11.9 Å². The first-order valence-corrected chi connectivity index (χ1v) is 11.8. The normalized spacial score (nSPS) is 14.8. The molecule has 1 aromatic heterocycles. The number of carbonyl (C=O) groups excluding carboxylic acids is 1. The maximum atomic E-state index is 12.1. The van der Waals surface area contributed by atoms with E-state index in [9.17, 15) is 4.79 Å². The van der Waals surface area contributed by atoms with Gasteiger partial charge in [0, 0.05) is 46.1 Å². The molecule has 0 fully saturated rings. The van der Waals surface area contributed by atoms with Gasteiger partial charge in [-0.1, -0.05) is 42.5 Å². The number of carbonyl (C=O) groups is 1. The molecule has 2 aromatic carbocycles. The maximum Gasteiger partial charge on any atom is 0.222 e. The van der Waals surface area contributed by atoms with Crippen molar-refractivity contribution in [1.29, 1.82) is 0 Å². The van der Waals surface area contributed by atoms with Crippen molar-refractivity contribution in [3.63, 3.8) is 0 Å². The Kier molecular flexibility index (Phi) is 8.27. The number of amides is 1. The van der Waals surface area contributed by atoms with Crippen LogP contribution in [-0.4, -0.2) is 52.4 Å². The molecule has 8 nitrogen and oxygen atoms in total. The molecule has 4 rings (SSSR count). The smallest absolute Gasteiger partial charge is 0.222 e. The Balaban J connectivity index is 1.29. The molecule has 2 heterocycles. The van der Waals surface area contributed by atoms with E-state index in [1.807, 2.05) is 37.3 Å². The van der Waals surface area contributed by atoms with Crippen LogP contribution in [0.25, 0.3) is 0 Å². The van der Waals surface area contributed by atoms with Crippen LogP contribution in [0.1, 0.15) is 42.2 Å². The lowest BCUT2D eigenvalue weighted by Gasteiger charge is -2.20. The lowest BCUT2D eigenvalue weighted by molar-refractivity contribution is -0.122. The highest BCUT2D eigenvalue weighted by atomic mass is 16.5. The van der Waals surface area contributed by atoms with Gasteiger partial charge in [0.05, 0.1) is 12.6 Å². The standard InChI is InChI=1S/C26H33N5O3/c1-20(27-25(32)13-17-33-2)26-29-28-24-12-14-30(15-16-31(24)26)18-21-8-10-23(11-9-21)34-19-22-6-4-3-5-7-22/h3-11,20H,12-19H2,1-2H3,(H,27,32)/t20-/m0/s1. The van der Waals surface area contributed by atoms with E-state index in [4.69, 9.17) is 9.47 Å². The Labute approximate surface area is 200 Å². The predicted molar refractivity (Wildman–Crippen MR) is 129 cm³/mol. The van der Waals surface area contributed by atoms with Crippen LogP contribution < -0.4 is 10.1 Å². The van der Waals surface area contributed by atoms with E-state index >= 15 is 0 Å². The average molecular weight is 464 g/mol. The zero-order chi connectivity index (χ0) is 23.8. The number of hydrogen-bond donors (Lipinski definition) is 1. The minimum Gasteiger partial charge on any atom is -0.489 e. The number of methoxy groups -OCH3 is 1. The summed E-state index contributed by atoms with van der Waals surface area (Å²) in [5, 5.41) is 11.8. The first kappa shape index (κ1) is 23.9. The minimum atomic E-state index is -0.194. The van der Waals surface area contributed by atoms with Crippen molar-refractivity contribution in [3.05, 3.63) is 77.4 Å². The zero-order valence-corrected chi connectivity index (χ0v) is 19.9. The molecule has 180 valence electrons. The molecule has 1 atom stereocenters. The van der Waals surface area contributed by atoms with Crippen molar-refractivity contribution in [2.24, 2.45) is 0 Å². The van der Waals surface area contributed by atoms with Gasteiger partial charge in [-0.2, -0.15) is 0 Å². The highest BCUT2D eigenvalue weighted by Gasteiger charge is 2.22. The van der Waals surface area contributed by atoms with Crippen molar-refractivity contribution in [2.75, 3.05) is 26.8 Å². The summed E-state index contributed by atoms with van der Waals surface area (Å²) in [5.41, 5.74) is 2.41. The van der Waals surface area contributed by atoms with Crippen LogP contribution >= 0.6 is 0 Å². The van der Waals surface area contributed by atoms with Gasteiger partial charge in [0.25, 0.3) is 0 Å². The van der Waals surface area contributed by atoms with Gasteiger partial charge in [0.15, 0.2) is 5.82 Å². The predicted octanol–water partition coefficient (Wildman–Crippen LogP) is 3.13. The number of nitrogens with one attached hydrogen (secondary N) is 1. The molecule has 0 bridgehead atoms. The maximum absolute atomic E-state index is 12.1. The average Bonchev–Trinajstić information content (AvgIpc) is 3.17. The number of aromatic nitrogens is 3. The third-order valence-electron chi connectivity index (χ3n) is 6.02. The van der Waals surface area contributed by atoms with Crippen LogP contribution in [-0.2, 0) is 35.6 Å². The number of rotatable bonds is 10. The second-order valence-electron chi connectivity index (χ2n) is 8.60. The lowest BCUT2D eigenvalue weighted by Crippen LogP contribution is -2.30. The Morgan fingerprint density at radius 3 is 2.59 bits per heavy atom. The van der Waals surface area contributed by atoms with Crippen LogP contribution in [0.15, 0.2) is 54.6 Å². The summed E-state index contributed by atoms with van der Waals surface area (Å²) in [6.45, 7) is 6.41. The first-order chi connectivity index (χ1) is 16.6. The Bertz CT molecular complexity index is 1050. The zero-order valence-electron chi connectivity index (χ0n) is 19.9. The first-order valence-electron chi connectivity index (χ1n) is 11.8. The van der Waals surface area contributed by atoms with E-state index < -0.39 is 0 Å². The topological polar surface area (TPSA) is 81.5 Å². The summed E-state index contributed by atoms with van der Waals surface area (Å²) < 4.78 is 13.0. The summed E-state index contributed by atoms with van der Waals surface area (Å²) in [5.74, 6) is 2.61. The van der Waals surface area contributed by atoms with Gasteiger partial charge in [0.1, 0.15) is 18.2 Å². The second kappa shape index (κ2) is 11.8. The molecule has 1 aliphatic heterocycles. The van der Waals surface area contributed by atoms with E-state index in [2.05, 4.69) is 49.2 Å². The van der Waals surface area contributed by atoms with Crippen LogP contribution in [0, 0.1) is 0 Å². The third-order valence-corrected chi connectivity index (χ3v) is 6.02. The van der Waals surface area contributed by atoms with Crippen LogP contribution in [0.5, 0.6) is 5.75 Å². The molecule has 0 aliphatic carbocycles. The molecule has 1 aliphatic rings. The number of hydrogen-bond acceptors (Lipinski definition) is 6. The lowest BCUT2D eigenvalue weighted by atomic mass is 10.2. The molecule has 1 amide bonds. The van der Waals surface area contributed by atoms with Gasteiger partial charge in [-0.25, -0.2) is 0 Å². The highest BCUT2D eigenvalue weighted by molar-refractivity contribution is 5.76. The Morgan fingerprint density at radius 2 is 1.82 bits per heavy atom. The van der Waals surface area contributed by atoms with Gasteiger partial charge < -0.3 is 19.4 Å². The van der Waals surface area contributed by atoms with Gasteiger partial charge in [-0.15, -0.1) is 10.2 Å². The molecular formula is C26H33N5O3. The van der Waals surface area contributed by atoms with Crippen LogP contribution in [0.2, 0.25) is 0 Å². The molecular weight excluding hydrogens is 430 g/mol. The molecule has 1 N–H and O–H groups in total. The molecule has 3 aromatic rings. The summed E-state index contributed by atoms with van der Waals surface area (Å²) in [6.07, 6.45) is 1.17. The summed E-state index contributed by atoms with van der Waals surface area (Å²) >= 11 is 0. The monoisotopic (exact) mass is 463 g/mol. The fourth-order valence-corrected chi connectivity index (χ4v) is 4.13. The van der Waals surface area contributed by atoms with Crippen molar-refractivity contribution in [2.45, 2.75) is 45.5 Å². The van der Waals surface area contributed by atoms with Crippen molar-refractivity contribution in [3.8, 4) is 5.75 Å². The summed E-state index contributed by atoms with van der Waals surface area (Å²) in [6, 6.07) is 18.3. The summed E-state index contributed by atoms with van der Waals surface area (Å²) in [4.78, 5) is 14.5. The second-order valence-corrected chi connectivity index (χ2v) is 8.60. The fourth-order valence-electron chi connectivity index (χ4n) is 4.13. The Hall–Kier alpha value is -3.23. The van der Waals surface area contributed by atoms with Crippen molar-refractivity contribution in [1.82, 2.24) is 25.0 Å². The van der Waals surface area contributed by atoms with Gasteiger partial charge in [-0.05, 0) is 30.2 Å². The highest BCUT2D eigenvalue weighted by Crippen LogP contribution is 2.19. The molecule has 34 heavy (non-hydrogen) atoms. The van der Waals surface area contributed by atoms with Crippen LogP contribution in [0.3, 0.4) is 0 Å². The number of benzene rings is 2. The van der Waals surface area contributed by atoms with Crippen molar-refractivity contribution >= 4 is 5.91 Å². The number of fused-ring (bicyclic) bond motifs is 1. The molecule has 0 saturated heterocycles. The summed E-state index contributed by atoms with van der Waals surface area (Å²) in [7, 11) is 1.59. The van der Waals surface area contributed by atoms with Gasteiger partial charge in [-0.3, -0.25) is 9.69 Å². The van der Waals surface area contributed by atoms with Crippen molar-refractivity contribution < 1.29 is 14.3 Å². The molecule has 8 heteroatoms. The number of nitrogens with zero attached hydrogens (tertiary/aromatic N) is 4. The van der Waals surface area contributed by atoms with E-state index in [1.54, 1.807) is 7.11 Å². The van der Waals surface area contributed by atoms with E-state index in [1.165, 1.54) is 5.56 Å². The van der Waals surface area contributed by atoms with Gasteiger partial charge >= 0.3 is 0 Å². The molecule has 0 unspecified atom stereocenters. The minimum absolute atomic E-state index is 0.0434. The van der Waals surface area contributed by atoms with E-state index in [0.29, 0.717) is 19.6 Å². The number of ether oxygens (including phenoxy) is 2. The van der Waals surface area contributed by atoms with Gasteiger partial charge in [0.2, 0.25) is 5.91 Å². The Morgan fingerprint density at radius 1 is 1.03 bits per heavy atom. The largest absolute Gasteiger partial charge is 0.489 e. The quantitative estimate of drug-likeness (QED) is 0.498. The third kappa shape index (κ3) is 6.42. The SMILES string of the molecule is COCCC(=O)N[C@@H](C)c1nnc2n1CCN(Cc1ccc(OCc3ccccc3)cc1)CC2. The fraction of sp³-hybridized carbons (Fsp3) is 0.423. The van der Waals surface area contributed by atoms with E-state index in [0.717, 1.165) is 55.6 Å². The molecule has 0 saturated carbocycles. The van der Waals surface area contributed by atoms with Crippen LogP contribution in [0.4, 0.5) is 0 Å². The molecule has 0 radical (unpaired) electrons.